The van der Waals surface area contributed by atoms with Crippen LogP contribution in [0, 0.1) is 0 Å². The lowest BCUT2D eigenvalue weighted by Crippen LogP contribution is -2.61. The molecule has 1 heterocycles. The third kappa shape index (κ3) is 40.5. The molecule has 8 unspecified atom stereocenters. The van der Waals surface area contributed by atoms with Crippen molar-refractivity contribution in [1.29, 1.82) is 0 Å². The second kappa shape index (κ2) is 52.3. The van der Waals surface area contributed by atoms with Crippen LogP contribution in [0.3, 0.4) is 0 Å². The van der Waals surface area contributed by atoms with Gasteiger partial charge < -0.3 is 45.1 Å². The number of amides is 1. The number of ether oxygens (including phenoxy) is 3. The molecule has 1 saturated heterocycles. The topological polar surface area (TPSA) is 175 Å². The van der Waals surface area contributed by atoms with Gasteiger partial charge in [0.2, 0.25) is 5.91 Å². The quantitative estimate of drug-likeness (QED) is 0.0195. The highest BCUT2D eigenvalue weighted by atomic mass is 16.7. The van der Waals surface area contributed by atoms with Gasteiger partial charge in [-0.15, -0.1) is 0 Å². The van der Waals surface area contributed by atoms with Crippen molar-refractivity contribution in [3.8, 4) is 0 Å². The minimum atomic E-state index is -1.62. The van der Waals surface area contributed by atoms with Gasteiger partial charge in [0, 0.05) is 6.42 Å². The Morgan fingerprint density at radius 1 is 0.520 bits per heavy atom. The number of unbranched alkanes of at least 4 members (excludes halogenated alkanes) is 33. The van der Waals surface area contributed by atoms with Gasteiger partial charge in [-0.1, -0.05) is 243 Å². The van der Waals surface area contributed by atoms with Gasteiger partial charge in [0.15, 0.2) is 12.4 Å². The molecule has 0 radical (unpaired) electrons. The summed E-state index contributed by atoms with van der Waals surface area (Å²) in [6, 6.07) is -1.03. The zero-order valence-electron chi connectivity index (χ0n) is 48.4. The summed E-state index contributed by atoms with van der Waals surface area (Å²) < 4.78 is 17.6. The van der Waals surface area contributed by atoms with Gasteiger partial charge >= 0.3 is 5.97 Å². The number of aliphatic hydroxyl groups is 5. The van der Waals surface area contributed by atoms with Gasteiger partial charge in [0.1, 0.15) is 24.4 Å². The molecule has 6 N–H and O–H groups in total. The van der Waals surface area contributed by atoms with E-state index in [1.54, 1.807) is 6.08 Å². The first-order chi connectivity index (χ1) is 36.7. The fourth-order valence-electron chi connectivity index (χ4n) is 9.68. The molecule has 0 aromatic heterocycles. The molecule has 1 aliphatic heterocycles. The Morgan fingerprint density at radius 3 is 1.40 bits per heavy atom. The molecular formula is C64H117NO10. The number of nitrogens with one attached hydrogen (secondary N) is 1. The lowest BCUT2D eigenvalue weighted by atomic mass is 9.99. The Hall–Kier alpha value is -2.38. The highest BCUT2D eigenvalue weighted by Gasteiger charge is 2.47. The van der Waals surface area contributed by atoms with Crippen LogP contribution in [0.1, 0.15) is 284 Å². The van der Waals surface area contributed by atoms with Gasteiger partial charge in [-0.25, -0.2) is 0 Å². The first-order valence-electron chi connectivity index (χ1n) is 31.4. The van der Waals surface area contributed by atoms with Crippen LogP contribution in [0.4, 0.5) is 0 Å². The van der Waals surface area contributed by atoms with E-state index in [1.807, 2.05) is 6.08 Å². The Balaban J connectivity index is 2.66. The van der Waals surface area contributed by atoms with Crippen LogP contribution in [-0.4, -0.2) is 99.6 Å². The lowest BCUT2D eigenvalue weighted by Gasteiger charge is -2.41. The summed E-state index contributed by atoms with van der Waals surface area (Å²) in [4.78, 5) is 26.5. The maximum Gasteiger partial charge on any atom is 0.306 e. The van der Waals surface area contributed by atoms with E-state index in [-0.39, 0.29) is 19.4 Å². The van der Waals surface area contributed by atoms with E-state index in [0.29, 0.717) is 12.8 Å². The van der Waals surface area contributed by atoms with Crippen LogP contribution in [-0.2, 0) is 23.8 Å². The number of carbonyl (C=O) groups excluding carboxylic acids is 2. The summed E-state index contributed by atoms with van der Waals surface area (Å²) >= 11 is 0. The second-order valence-corrected chi connectivity index (χ2v) is 21.8. The number of hydrogen-bond acceptors (Lipinski definition) is 10. The van der Waals surface area contributed by atoms with Crippen LogP contribution in [0.15, 0.2) is 48.6 Å². The van der Waals surface area contributed by atoms with Crippen molar-refractivity contribution in [2.24, 2.45) is 0 Å². The average molecular weight is 1060 g/mol. The number of allylic oxidation sites excluding steroid dienone is 7. The van der Waals surface area contributed by atoms with Crippen LogP contribution >= 0.6 is 0 Å². The van der Waals surface area contributed by atoms with Crippen molar-refractivity contribution in [3.05, 3.63) is 48.6 Å². The molecule has 8 atom stereocenters. The molecule has 0 bridgehead atoms. The minimum Gasteiger partial charge on any atom is -0.454 e. The number of esters is 1. The maximum atomic E-state index is 13.4. The zero-order chi connectivity index (χ0) is 54.7. The summed E-state index contributed by atoms with van der Waals surface area (Å²) in [5.74, 6) is -1.20. The maximum absolute atomic E-state index is 13.4. The molecule has 1 amide bonds. The van der Waals surface area contributed by atoms with E-state index >= 15 is 0 Å². The van der Waals surface area contributed by atoms with Crippen molar-refractivity contribution in [3.63, 3.8) is 0 Å². The van der Waals surface area contributed by atoms with Gasteiger partial charge in [0.05, 0.1) is 25.4 Å². The first kappa shape index (κ1) is 70.6. The fourth-order valence-corrected chi connectivity index (χ4v) is 9.68. The molecule has 0 aromatic carbocycles. The van der Waals surface area contributed by atoms with Crippen molar-refractivity contribution in [1.82, 2.24) is 5.32 Å². The van der Waals surface area contributed by atoms with E-state index < -0.39 is 67.4 Å². The number of rotatable bonds is 53. The molecule has 1 rings (SSSR count). The summed E-state index contributed by atoms with van der Waals surface area (Å²) in [5.41, 5.74) is 0. The molecule has 75 heavy (non-hydrogen) atoms. The lowest BCUT2D eigenvalue weighted by molar-refractivity contribution is -0.305. The normalized spacial score (nSPS) is 19.5. The second-order valence-electron chi connectivity index (χ2n) is 21.8. The van der Waals surface area contributed by atoms with Crippen molar-refractivity contribution >= 4 is 11.9 Å². The van der Waals surface area contributed by atoms with E-state index in [9.17, 15) is 35.1 Å². The Morgan fingerprint density at radius 2 is 0.920 bits per heavy atom. The predicted octanol–water partition coefficient (Wildman–Crippen LogP) is 14.8. The molecule has 438 valence electrons. The molecule has 0 saturated carbocycles. The third-order valence-electron chi connectivity index (χ3n) is 14.7. The van der Waals surface area contributed by atoms with E-state index in [4.69, 9.17) is 14.2 Å². The van der Waals surface area contributed by atoms with Crippen molar-refractivity contribution in [2.45, 2.75) is 333 Å². The van der Waals surface area contributed by atoms with Crippen molar-refractivity contribution < 1.29 is 49.3 Å². The highest BCUT2D eigenvalue weighted by molar-refractivity contribution is 5.80. The molecule has 1 aliphatic rings. The van der Waals surface area contributed by atoms with Crippen LogP contribution in [0.5, 0.6) is 0 Å². The number of hydrogen-bond donors (Lipinski definition) is 6. The molecular weight excluding hydrogens is 943 g/mol. The molecule has 11 heteroatoms. The largest absolute Gasteiger partial charge is 0.454 e. The van der Waals surface area contributed by atoms with Crippen molar-refractivity contribution in [2.75, 3.05) is 13.2 Å². The number of aliphatic hydroxyl groups excluding tert-OH is 5. The summed E-state index contributed by atoms with van der Waals surface area (Å²) in [7, 11) is 0. The van der Waals surface area contributed by atoms with Crippen LogP contribution < -0.4 is 5.32 Å². The Labute approximate surface area is 459 Å². The first-order valence-corrected chi connectivity index (χ1v) is 31.4. The van der Waals surface area contributed by atoms with Gasteiger partial charge in [-0.3, -0.25) is 9.59 Å². The Kier molecular flexibility index (Phi) is 49.3. The SMILES string of the molecule is CCCCC/C=C\C/C=C\CCCCCCCCCC(=O)OC1C(OCC(NC(=O)C(O)CCCCCCCCCC/C=C/CCCCCCCC)C(O)/C=C/CCCCCCCCCCC)OC(CO)C(O)C1O. The van der Waals surface area contributed by atoms with Crippen LogP contribution in [0.2, 0.25) is 0 Å². The monoisotopic (exact) mass is 1060 g/mol. The Bertz CT molecular complexity index is 1400. The summed E-state index contributed by atoms with van der Waals surface area (Å²) in [5, 5.41) is 57.0. The fraction of sp³-hybridized carbons (Fsp3) is 0.844. The van der Waals surface area contributed by atoms with Crippen LogP contribution in [0.25, 0.3) is 0 Å². The molecule has 0 aromatic rings. The van der Waals surface area contributed by atoms with E-state index in [2.05, 4.69) is 62.5 Å². The van der Waals surface area contributed by atoms with Gasteiger partial charge in [-0.2, -0.15) is 0 Å². The van der Waals surface area contributed by atoms with E-state index in [0.717, 1.165) is 83.5 Å². The summed E-state index contributed by atoms with van der Waals surface area (Å²) in [6.07, 6.45) is 52.9. The van der Waals surface area contributed by atoms with E-state index in [1.165, 1.54) is 154 Å². The van der Waals surface area contributed by atoms with Gasteiger partial charge in [-0.05, 0) is 83.5 Å². The molecule has 0 aliphatic carbocycles. The highest BCUT2D eigenvalue weighted by Crippen LogP contribution is 2.26. The zero-order valence-corrected chi connectivity index (χ0v) is 48.4. The molecule has 11 nitrogen and oxygen atoms in total. The predicted molar refractivity (Wildman–Crippen MR) is 310 cm³/mol. The summed E-state index contributed by atoms with van der Waals surface area (Å²) in [6.45, 7) is 5.76. The average Bonchev–Trinajstić information content (AvgIpc) is 3.41. The molecule has 1 fully saturated rings. The smallest absolute Gasteiger partial charge is 0.306 e. The third-order valence-corrected chi connectivity index (χ3v) is 14.7. The number of carbonyl (C=O) groups is 2. The minimum absolute atomic E-state index is 0.115. The van der Waals surface area contributed by atoms with Gasteiger partial charge in [0.25, 0.3) is 0 Å². The molecule has 0 spiro atoms. The standard InChI is InChI=1S/C64H117NO10/c1-4-7-10-13-16-19-22-24-26-28-30-31-33-36-39-42-45-48-51-57(68)63(72)65-55(56(67)50-47-44-41-38-35-21-18-15-12-9-6-3)54-73-64-62(61(71)60(70)58(53-66)74-64)75-59(69)52-49-46-43-40-37-34-32-29-27-25-23-20-17-14-11-8-5-2/h17,20,24-27,47,50,55-58,60-62,64,66-68,70-71H,4-16,18-19,21-23,28-46,48-49,51-54H2,1-3H3,(H,65,72)/b20-17-,26-24+,27-25-,50-47+.